The van der Waals surface area contributed by atoms with Crippen LogP contribution in [0.2, 0.25) is 5.02 Å². The molecule has 4 rings (SSSR count). The lowest BCUT2D eigenvalue weighted by atomic mass is 9.98. The zero-order valence-corrected chi connectivity index (χ0v) is 17.0. The monoisotopic (exact) mass is 454 g/mol. The number of rotatable bonds is 7. The Kier molecular flexibility index (Phi) is 6.20. The minimum Gasteiger partial charge on any atom is -0.481 e. The minimum atomic E-state index is -0.896. The molecule has 1 aliphatic carbocycles. The second kappa shape index (κ2) is 8.50. The van der Waals surface area contributed by atoms with Crippen molar-refractivity contribution in [1.29, 1.82) is 0 Å². The van der Waals surface area contributed by atoms with Gasteiger partial charge in [0.05, 0.1) is 17.0 Å². The van der Waals surface area contributed by atoms with E-state index in [0.717, 1.165) is 6.07 Å². The van der Waals surface area contributed by atoms with Gasteiger partial charge in [0.1, 0.15) is 5.75 Å². The van der Waals surface area contributed by atoms with Gasteiger partial charge in [-0.05, 0) is 48.4 Å². The van der Waals surface area contributed by atoms with Crippen LogP contribution < -0.4 is 10.5 Å². The van der Waals surface area contributed by atoms with E-state index in [1.807, 2.05) is 0 Å². The molecule has 2 aromatic heterocycles. The maximum absolute atomic E-state index is 13.8. The van der Waals surface area contributed by atoms with Crippen LogP contribution in [0.15, 0.2) is 36.5 Å². The number of benzene rings is 1. The first-order valence-electron chi connectivity index (χ1n) is 8.73. The van der Waals surface area contributed by atoms with Crippen molar-refractivity contribution in [1.82, 2.24) is 25.2 Å². The van der Waals surface area contributed by atoms with E-state index in [2.05, 4.69) is 20.4 Å². The van der Waals surface area contributed by atoms with Crippen molar-refractivity contribution in [3.63, 3.8) is 0 Å². The molecule has 2 heterocycles. The first-order chi connectivity index (χ1) is 13.9. The number of halogens is 3. The maximum Gasteiger partial charge on any atom is 0.311 e. The summed E-state index contributed by atoms with van der Waals surface area (Å²) in [4.78, 5) is 16.4. The standard InChI is InChI=1S/C18H16ClFN6O3.ClH/c19-11-7-13(20)16(22-8-11)29-12-3-1-10(2-4-12)15-23-25-26(24-15)9-14(21)18(5-6-18)17(27)28;/h1-4,7-8,14H,5-6,9,21H2,(H,27,28);1H. The number of nitrogens with two attached hydrogens (primary N) is 1. The van der Waals surface area contributed by atoms with E-state index in [1.54, 1.807) is 24.3 Å². The summed E-state index contributed by atoms with van der Waals surface area (Å²) in [7, 11) is 0. The van der Waals surface area contributed by atoms with E-state index < -0.39 is 23.2 Å². The molecule has 1 unspecified atom stereocenters. The Morgan fingerprint density at radius 3 is 2.67 bits per heavy atom. The van der Waals surface area contributed by atoms with Gasteiger partial charge in [0.2, 0.25) is 5.82 Å². The van der Waals surface area contributed by atoms with Gasteiger partial charge in [-0.1, -0.05) is 11.6 Å². The SMILES string of the molecule is Cl.NC(Cn1nnc(-c2ccc(Oc3ncc(Cl)cc3F)cc2)n1)C1(C(=O)O)CC1. The highest BCUT2D eigenvalue weighted by Gasteiger charge is 2.55. The van der Waals surface area contributed by atoms with Crippen LogP contribution in [-0.2, 0) is 11.3 Å². The summed E-state index contributed by atoms with van der Waals surface area (Å²) in [6, 6.07) is 7.11. The molecule has 0 spiro atoms. The van der Waals surface area contributed by atoms with Gasteiger partial charge in [-0.3, -0.25) is 4.79 Å². The zero-order valence-electron chi connectivity index (χ0n) is 15.4. The Balaban J connectivity index is 0.00000256. The molecule has 0 bridgehead atoms. The zero-order chi connectivity index (χ0) is 20.6. The van der Waals surface area contributed by atoms with Gasteiger partial charge in [0.25, 0.3) is 5.88 Å². The smallest absolute Gasteiger partial charge is 0.311 e. The van der Waals surface area contributed by atoms with Gasteiger partial charge in [-0.15, -0.1) is 22.6 Å². The number of carboxylic acid groups (broad SMARTS) is 1. The molecule has 1 atom stereocenters. The maximum atomic E-state index is 13.8. The molecule has 9 nitrogen and oxygen atoms in total. The fourth-order valence-corrected chi connectivity index (χ4v) is 3.07. The van der Waals surface area contributed by atoms with Gasteiger partial charge in [-0.25, -0.2) is 9.37 Å². The van der Waals surface area contributed by atoms with Crippen molar-refractivity contribution in [3.8, 4) is 23.0 Å². The lowest BCUT2D eigenvalue weighted by Gasteiger charge is -2.17. The van der Waals surface area contributed by atoms with Crippen molar-refractivity contribution in [3.05, 3.63) is 47.4 Å². The van der Waals surface area contributed by atoms with Crippen LogP contribution in [0.3, 0.4) is 0 Å². The highest BCUT2D eigenvalue weighted by atomic mass is 35.5. The second-order valence-electron chi connectivity index (χ2n) is 6.80. The molecular weight excluding hydrogens is 438 g/mol. The van der Waals surface area contributed by atoms with Crippen LogP contribution >= 0.6 is 24.0 Å². The summed E-state index contributed by atoms with van der Waals surface area (Å²) in [5.74, 6) is -1.04. The summed E-state index contributed by atoms with van der Waals surface area (Å²) in [6.07, 6.45) is 2.39. The first kappa shape index (κ1) is 21.9. The Morgan fingerprint density at radius 2 is 2.07 bits per heavy atom. The lowest BCUT2D eigenvalue weighted by molar-refractivity contribution is -0.144. The molecular formula is C18H17Cl2FN6O3. The van der Waals surface area contributed by atoms with Gasteiger partial charge in [-0.2, -0.15) is 4.80 Å². The number of aliphatic carboxylic acids is 1. The van der Waals surface area contributed by atoms with E-state index in [-0.39, 0.29) is 29.9 Å². The molecule has 158 valence electrons. The predicted molar refractivity (Wildman–Crippen MR) is 107 cm³/mol. The van der Waals surface area contributed by atoms with Crippen LogP contribution in [-0.4, -0.2) is 42.3 Å². The van der Waals surface area contributed by atoms with E-state index in [9.17, 15) is 14.3 Å². The third-order valence-corrected chi connectivity index (χ3v) is 5.05. The number of carbonyl (C=O) groups is 1. The molecule has 12 heteroatoms. The highest BCUT2D eigenvalue weighted by molar-refractivity contribution is 6.30. The Hall–Kier alpha value is -2.82. The molecule has 1 saturated carbocycles. The number of carboxylic acids is 1. The summed E-state index contributed by atoms with van der Waals surface area (Å²) in [5, 5.41) is 21.7. The lowest BCUT2D eigenvalue weighted by Crippen LogP contribution is -2.41. The Morgan fingerprint density at radius 1 is 1.37 bits per heavy atom. The molecule has 0 amide bonds. The molecule has 0 aliphatic heterocycles. The average molecular weight is 455 g/mol. The quantitative estimate of drug-likeness (QED) is 0.557. The van der Waals surface area contributed by atoms with E-state index in [0.29, 0.717) is 30.0 Å². The van der Waals surface area contributed by atoms with Crippen LogP contribution in [0.1, 0.15) is 12.8 Å². The van der Waals surface area contributed by atoms with Crippen LogP contribution in [0.4, 0.5) is 4.39 Å². The number of hydrogen-bond acceptors (Lipinski definition) is 7. The summed E-state index contributed by atoms with van der Waals surface area (Å²) < 4.78 is 19.2. The molecule has 1 aromatic carbocycles. The van der Waals surface area contributed by atoms with Gasteiger partial charge in [0.15, 0.2) is 5.82 Å². The number of hydrogen-bond donors (Lipinski definition) is 2. The molecule has 1 aliphatic rings. The molecule has 0 saturated heterocycles. The third kappa shape index (κ3) is 4.35. The van der Waals surface area contributed by atoms with Crippen LogP contribution in [0.25, 0.3) is 11.4 Å². The van der Waals surface area contributed by atoms with E-state index in [1.165, 1.54) is 11.0 Å². The van der Waals surface area contributed by atoms with Crippen LogP contribution in [0.5, 0.6) is 11.6 Å². The fourth-order valence-electron chi connectivity index (χ4n) is 2.93. The molecule has 3 aromatic rings. The fraction of sp³-hybridized carbons (Fsp3) is 0.278. The molecule has 1 fully saturated rings. The van der Waals surface area contributed by atoms with Gasteiger partial charge < -0.3 is 15.6 Å². The van der Waals surface area contributed by atoms with Crippen molar-refractivity contribution in [2.45, 2.75) is 25.4 Å². The van der Waals surface area contributed by atoms with Crippen molar-refractivity contribution in [2.75, 3.05) is 0 Å². The van der Waals surface area contributed by atoms with Gasteiger partial charge in [0, 0.05) is 17.8 Å². The summed E-state index contributed by atoms with van der Waals surface area (Å²) in [6.45, 7) is 0.155. The largest absolute Gasteiger partial charge is 0.481 e. The molecule has 0 radical (unpaired) electrons. The van der Waals surface area contributed by atoms with Crippen molar-refractivity contribution < 1.29 is 19.0 Å². The third-order valence-electron chi connectivity index (χ3n) is 4.84. The number of nitrogens with zero attached hydrogens (tertiary/aromatic N) is 5. The highest BCUT2D eigenvalue weighted by Crippen LogP contribution is 2.48. The number of pyridine rings is 1. The number of tetrazole rings is 1. The average Bonchev–Trinajstić information content (AvgIpc) is 3.39. The molecule has 30 heavy (non-hydrogen) atoms. The van der Waals surface area contributed by atoms with Crippen molar-refractivity contribution in [2.24, 2.45) is 11.1 Å². The summed E-state index contributed by atoms with van der Waals surface area (Å²) >= 11 is 5.67. The number of aromatic nitrogens is 5. The first-order valence-corrected chi connectivity index (χ1v) is 9.11. The minimum absolute atomic E-state index is 0. The Labute approximate surface area is 181 Å². The summed E-state index contributed by atoms with van der Waals surface area (Å²) in [5.41, 5.74) is 5.80. The van der Waals surface area contributed by atoms with E-state index in [4.69, 9.17) is 22.1 Å². The number of ether oxygens (including phenoxy) is 1. The van der Waals surface area contributed by atoms with Gasteiger partial charge >= 0.3 is 5.97 Å². The second-order valence-corrected chi connectivity index (χ2v) is 7.24. The van der Waals surface area contributed by atoms with Crippen LogP contribution in [0, 0.1) is 11.2 Å². The van der Waals surface area contributed by atoms with Crippen molar-refractivity contribution >= 4 is 30.0 Å². The predicted octanol–water partition coefficient (Wildman–Crippen LogP) is 2.93. The normalized spacial score (nSPS) is 15.2. The topological polar surface area (TPSA) is 129 Å². The van der Waals surface area contributed by atoms with E-state index >= 15 is 0 Å². The Bertz CT molecular complexity index is 1060. The molecule has 3 N–H and O–H groups in total.